The molecule has 0 spiro atoms. The second kappa shape index (κ2) is 5.58. The summed E-state index contributed by atoms with van der Waals surface area (Å²) in [7, 11) is 0. The molecular formula is C14H9F3O2S. The Labute approximate surface area is 116 Å². The van der Waals surface area contributed by atoms with E-state index in [4.69, 9.17) is 0 Å². The topological polar surface area (TPSA) is 34.1 Å². The molecule has 1 aromatic carbocycles. The molecule has 2 nitrogen and oxygen atoms in total. The van der Waals surface area contributed by atoms with Gasteiger partial charge in [-0.05, 0) is 28.0 Å². The molecule has 0 amide bonds. The normalized spacial score (nSPS) is 11.3. The van der Waals surface area contributed by atoms with Crippen molar-refractivity contribution in [2.24, 2.45) is 0 Å². The predicted molar refractivity (Wildman–Crippen MR) is 69.8 cm³/mol. The Morgan fingerprint density at radius 3 is 2.15 bits per heavy atom. The third-order valence-corrected chi connectivity index (χ3v) is 3.38. The van der Waals surface area contributed by atoms with Crippen LogP contribution in [0.3, 0.4) is 0 Å². The van der Waals surface area contributed by atoms with Crippen LogP contribution < -0.4 is 0 Å². The van der Waals surface area contributed by atoms with Crippen molar-refractivity contribution >= 4 is 22.9 Å². The molecule has 0 saturated heterocycles. The molecule has 0 radical (unpaired) electrons. The van der Waals surface area contributed by atoms with E-state index in [9.17, 15) is 22.8 Å². The number of ketones is 2. The summed E-state index contributed by atoms with van der Waals surface area (Å²) in [4.78, 5) is 22.3. The Morgan fingerprint density at radius 1 is 1.00 bits per heavy atom. The Bertz CT molecular complexity index is 613. The molecule has 1 aromatic heterocycles. The van der Waals surface area contributed by atoms with Gasteiger partial charge in [0.2, 0.25) is 5.78 Å². The van der Waals surface area contributed by atoms with E-state index in [0.29, 0.717) is 0 Å². The number of thiophene rings is 1. The van der Waals surface area contributed by atoms with Crippen LogP contribution in [0.15, 0.2) is 41.1 Å². The van der Waals surface area contributed by atoms with Crippen LogP contribution in [0, 0.1) is 0 Å². The molecule has 2 rings (SSSR count). The zero-order valence-corrected chi connectivity index (χ0v) is 10.9. The lowest BCUT2D eigenvalue weighted by Gasteiger charge is -2.05. The third-order valence-electron chi connectivity index (χ3n) is 2.70. The van der Waals surface area contributed by atoms with Crippen LogP contribution in [0.1, 0.15) is 16.8 Å². The number of benzene rings is 1. The molecular weight excluding hydrogens is 289 g/mol. The molecule has 0 saturated carbocycles. The standard InChI is InChI=1S/C14H9F3O2S/c15-14(16,17)13(19)7-12(18)10-3-1-9(2-4-10)11-5-6-20-8-11/h1-6,8H,7H2. The minimum Gasteiger partial charge on any atom is -0.294 e. The molecule has 0 bridgehead atoms. The monoisotopic (exact) mass is 298 g/mol. The molecule has 104 valence electrons. The van der Waals surface area contributed by atoms with E-state index in [0.717, 1.165) is 11.1 Å². The number of carbonyl (C=O) groups excluding carboxylic acids is 2. The lowest BCUT2D eigenvalue weighted by Crippen LogP contribution is -2.25. The number of Topliss-reactive ketones (excluding diaryl/α,β-unsaturated/α-hetero) is 2. The van der Waals surface area contributed by atoms with E-state index < -0.39 is 24.2 Å². The van der Waals surface area contributed by atoms with Gasteiger partial charge in [0.25, 0.3) is 0 Å². The molecule has 0 aliphatic heterocycles. The predicted octanol–water partition coefficient (Wildman–Crippen LogP) is 4.12. The molecule has 20 heavy (non-hydrogen) atoms. The fourth-order valence-corrected chi connectivity index (χ4v) is 2.29. The van der Waals surface area contributed by atoms with Crippen LogP contribution in [0.25, 0.3) is 11.1 Å². The van der Waals surface area contributed by atoms with Crippen LogP contribution in [-0.4, -0.2) is 17.7 Å². The largest absolute Gasteiger partial charge is 0.450 e. The van der Waals surface area contributed by atoms with Crippen LogP contribution in [-0.2, 0) is 4.79 Å². The first kappa shape index (κ1) is 14.5. The Hall–Kier alpha value is -1.95. The van der Waals surface area contributed by atoms with Crippen molar-refractivity contribution in [1.29, 1.82) is 0 Å². The zero-order chi connectivity index (χ0) is 14.8. The van der Waals surface area contributed by atoms with Crippen molar-refractivity contribution in [2.45, 2.75) is 12.6 Å². The fourth-order valence-electron chi connectivity index (χ4n) is 1.63. The lowest BCUT2D eigenvalue weighted by molar-refractivity contribution is -0.170. The van der Waals surface area contributed by atoms with Crippen molar-refractivity contribution in [3.05, 3.63) is 46.7 Å². The first-order chi connectivity index (χ1) is 9.38. The van der Waals surface area contributed by atoms with Gasteiger partial charge >= 0.3 is 6.18 Å². The van der Waals surface area contributed by atoms with Gasteiger partial charge in [0.15, 0.2) is 5.78 Å². The molecule has 0 aliphatic carbocycles. The highest BCUT2D eigenvalue weighted by molar-refractivity contribution is 7.08. The summed E-state index contributed by atoms with van der Waals surface area (Å²) < 4.78 is 36.2. The number of alkyl halides is 3. The Balaban J connectivity index is 2.10. The van der Waals surface area contributed by atoms with Crippen LogP contribution in [0.4, 0.5) is 13.2 Å². The van der Waals surface area contributed by atoms with E-state index in [1.165, 1.54) is 23.5 Å². The lowest BCUT2D eigenvalue weighted by atomic mass is 10.0. The number of halogens is 3. The third kappa shape index (κ3) is 3.33. The molecule has 0 fully saturated rings. The average molecular weight is 298 g/mol. The van der Waals surface area contributed by atoms with E-state index >= 15 is 0 Å². The number of rotatable bonds is 4. The number of hydrogen-bond donors (Lipinski definition) is 0. The van der Waals surface area contributed by atoms with Crippen molar-refractivity contribution < 1.29 is 22.8 Å². The fraction of sp³-hybridized carbons (Fsp3) is 0.143. The molecule has 0 atom stereocenters. The van der Waals surface area contributed by atoms with Gasteiger partial charge in [-0.3, -0.25) is 9.59 Å². The quantitative estimate of drug-likeness (QED) is 0.628. The molecule has 2 aromatic rings. The van der Waals surface area contributed by atoms with Gasteiger partial charge in [0.1, 0.15) is 0 Å². The van der Waals surface area contributed by atoms with E-state index in [1.807, 2.05) is 16.8 Å². The summed E-state index contributed by atoms with van der Waals surface area (Å²) in [6, 6.07) is 8.05. The van der Waals surface area contributed by atoms with Crippen LogP contribution in [0.2, 0.25) is 0 Å². The summed E-state index contributed by atoms with van der Waals surface area (Å²) >= 11 is 1.52. The van der Waals surface area contributed by atoms with Gasteiger partial charge in [-0.2, -0.15) is 24.5 Å². The summed E-state index contributed by atoms with van der Waals surface area (Å²) in [6.45, 7) is 0. The minimum atomic E-state index is -4.97. The van der Waals surface area contributed by atoms with Gasteiger partial charge in [-0.25, -0.2) is 0 Å². The van der Waals surface area contributed by atoms with Crippen molar-refractivity contribution in [3.8, 4) is 11.1 Å². The Kier molecular flexibility index (Phi) is 4.04. The number of carbonyl (C=O) groups is 2. The highest BCUT2D eigenvalue weighted by atomic mass is 32.1. The minimum absolute atomic E-state index is 0.0987. The highest BCUT2D eigenvalue weighted by Crippen LogP contribution is 2.23. The molecule has 0 aliphatic rings. The smallest absolute Gasteiger partial charge is 0.294 e. The van der Waals surface area contributed by atoms with Crippen LogP contribution >= 0.6 is 11.3 Å². The van der Waals surface area contributed by atoms with E-state index in [-0.39, 0.29) is 5.56 Å². The van der Waals surface area contributed by atoms with Gasteiger partial charge in [-0.1, -0.05) is 24.3 Å². The maximum absolute atomic E-state index is 12.1. The molecule has 1 heterocycles. The van der Waals surface area contributed by atoms with E-state index in [1.54, 1.807) is 12.1 Å². The summed E-state index contributed by atoms with van der Waals surface area (Å²) in [5, 5.41) is 3.82. The van der Waals surface area contributed by atoms with Gasteiger partial charge in [0, 0.05) is 5.56 Å². The highest BCUT2D eigenvalue weighted by Gasteiger charge is 2.39. The molecule has 6 heteroatoms. The SMILES string of the molecule is O=C(CC(=O)C(F)(F)F)c1ccc(-c2ccsc2)cc1. The summed E-state index contributed by atoms with van der Waals surface area (Å²) in [5.74, 6) is -2.85. The Morgan fingerprint density at radius 2 is 1.65 bits per heavy atom. The van der Waals surface area contributed by atoms with Crippen molar-refractivity contribution in [1.82, 2.24) is 0 Å². The zero-order valence-electron chi connectivity index (χ0n) is 10.1. The maximum Gasteiger partial charge on any atom is 0.450 e. The average Bonchev–Trinajstić information content (AvgIpc) is 2.91. The van der Waals surface area contributed by atoms with Gasteiger partial charge < -0.3 is 0 Å². The van der Waals surface area contributed by atoms with Crippen molar-refractivity contribution in [3.63, 3.8) is 0 Å². The molecule has 0 unspecified atom stereocenters. The molecule has 0 N–H and O–H groups in total. The maximum atomic E-state index is 12.1. The summed E-state index contributed by atoms with van der Waals surface area (Å²) in [5.41, 5.74) is 1.94. The summed E-state index contributed by atoms with van der Waals surface area (Å²) in [6.07, 6.45) is -6.12. The first-order valence-corrected chi connectivity index (χ1v) is 6.58. The van der Waals surface area contributed by atoms with E-state index in [2.05, 4.69) is 0 Å². The first-order valence-electron chi connectivity index (χ1n) is 5.64. The van der Waals surface area contributed by atoms with Crippen LogP contribution in [0.5, 0.6) is 0 Å². The van der Waals surface area contributed by atoms with Gasteiger partial charge in [0.05, 0.1) is 6.42 Å². The second-order valence-corrected chi connectivity index (χ2v) is 4.89. The van der Waals surface area contributed by atoms with Crippen molar-refractivity contribution in [2.75, 3.05) is 0 Å². The van der Waals surface area contributed by atoms with Gasteiger partial charge in [-0.15, -0.1) is 0 Å². The number of hydrogen-bond acceptors (Lipinski definition) is 3. The second-order valence-electron chi connectivity index (χ2n) is 4.11.